The summed E-state index contributed by atoms with van der Waals surface area (Å²) in [6, 6.07) is 2.07. The lowest BCUT2D eigenvalue weighted by Gasteiger charge is -2.35. The van der Waals surface area contributed by atoms with E-state index in [0.717, 1.165) is 54.2 Å². The molecule has 4 rings (SSSR count). The molecule has 2 aliphatic rings. The molecule has 0 bridgehead atoms. The van der Waals surface area contributed by atoms with Crippen molar-refractivity contribution >= 4 is 29.0 Å². The number of aryl methyl sites for hydroxylation is 2. The fourth-order valence-electron chi connectivity index (χ4n) is 3.55. The van der Waals surface area contributed by atoms with Crippen molar-refractivity contribution in [2.75, 3.05) is 49.1 Å². The molecule has 0 aliphatic carbocycles. The third kappa shape index (κ3) is 3.38. The molecule has 4 heterocycles. The summed E-state index contributed by atoms with van der Waals surface area (Å²) >= 11 is 1.42. The Morgan fingerprint density at radius 1 is 1.00 bits per heavy atom. The van der Waals surface area contributed by atoms with E-state index in [1.54, 1.807) is 5.51 Å². The van der Waals surface area contributed by atoms with Gasteiger partial charge in [-0.25, -0.2) is 9.97 Å². The average Bonchev–Trinajstić information content (AvgIpc) is 3.32. The molecule has 2 aromatic rings. The summed E-state index contributed by atoms with van der Waals surface area (Å²) in [6.07, 6.45) is 2.46. The summed E-state index contributed by atoms with van der Waals surface area (Å²) in [6.45, 7) is 8.95. The van der Waals surface area contributed by atoms with E-state index in [4.69, 9.17) is 4.98 Å². The monoisotopic (exact) mass is 372 g/mol. The number of carbonyl (C=O) groups excluding carboxylic acids is 1. The van der Waals surface area contributed by atoms with Crippen LogP contribution in [-0.4, -0.2) is 65.0 Å². The SMILES string of the molecule is Cc1cc(N2CCCC2)nc(N2CCN(C(=O)c3scnc3C)CC2)n1. The summed E-state index contributed by atoms with van der Waals surface area (Å²) in [5.74, 6) is 1.91. The predicted octanol–water partition coefficient (Wildman–Crippen LogP) is 2.11. The van der Waals surface area contributed by atoms with Crippen molar-refractivity contribution in [3.63, 3.8) is 0 Å². The van der Waals surface area contributed by atoms with E-state index in [9.17, 15) is 4.79 Å². The molecule has 0 saturated carbocycles. The van der Waals surface area contributed by atoms with Crippen LogP contribution in [0.1, 0.15) is 33.9 Å². The normalized spacial score (nSPS) is 17.8. The van der Waals surface area contributed by atoms with Crippen molar-refractivity contribution in [1.29, 1.82) is 0 Å². The fourth-order valence-corrected chi connectivity index (χ4v) is 4.32. The van der Waals surface area contributed by atoms with Gasteiger partial charge < -0.3 is 14.7 Å². The quantitative estimate of drug-likeness (QED) is 0.822. The predicted molar refractivity (Wildman–Crippen MR) is 103 cm³/mol. The number of rotatable bonds is 3. The van der Waals surface area contributed by atoms with Crippen LogP contribution in [0.25, 0.3) is 0 Å². The molecule has 0 radical (unpaired) electrons. The molecule has 138 valence electrons. The van der Waals surface area contributed by atoms with Crippen LogP contribution < -0.4 is 9.80 Å². The number of hydrogen-bond acceptors (Lipinski definition) is 7. The lowest BCUT2D eigenvalue weighted by atomic mass is 10.3. The molecule has 26 heavy (non-hydrogen) atoms. The molecular formula is C18H24N6OS. The van der Waals surface area contributed by atoms with Gasteiger partial charge in [0.05, 0.1) is 11.2 Å². The molecule has 2 aromatic heterocycles. The molecule has 8 heteroatoms. The van der Waals surface area contributed by atoms with Crippen molar-refractivity contribution in [3.05, 3.63) is 27.8 Å². The van der Waals surface area contributed by atoms with Crippen molar-refractivity contribution in [3.8, 4) is 0 Å². The number of hydrogen-bond donors (Lipinski definition) is 0. The van der Waals surface area contributed by atoms with Crippen molar-refractivity contribution in [2.24, 2.45) is 0 Å². The second-order valence-corrected chi connectivity index (χ2v) is 7.76. The van der Waals surface area contributed by atoms with Crippen molar-refractivity contribution < 1.29 is 4.79 Å². The van der Waals surface area contributed by atoms with Crippen LogP contribution in [-0.2, 0) is 0 Å². The van der Waals surface area contributed by atoms with Crippen LogP contribution in [0.2, 0.25) is 0 Å². The Hall–Kier alpha value is -2.22. The number of aromatic nitrogens is 3. The van der Waals surface area contributed by atoms with Gasteiger partial charge in [0.2, 0.25) is 5.95 Å². The van der Waals surface area contributed by atoms with Gasteiger partial charge in [0.25, 0.3) is 5.91 Å². The first-order valence-electron chi connectivity index (χ1n) is 9.17. The van der Waals surface area contributed by atoms with Gasteiger partial charge >= 0.3 is 0 Å². The van der Waals surface area contributed by atoms with Gasteiger partial charge in [0, 0.05) is 51.0 Å². The third-order valence-corrected chi connectivity index (χ3v) is 5.96. The third-order valence-electron chi connectivity index (χ3n) is 5.05. The van der Waals surface area contributed by atoms with E-state index in [1.165, 1.54) is 24.2 Å². The maximum Gasteiger partial charge on any atom is 0.265 e. The van der Waals surface area contributed by atoms with Crippen LogP contribution in [0.3, 0.4) is 0 Å². The molecule has 2 aliphatic heterocycles. The highest BCUT2D eigenvalue weighted by Crippen LogP contribution is 2.23. The van der Waals surface area contributed by atoms with Crippen LogP contribution >= 0.6 is 11.3 Å². The number of carbonyl (C=O) groups is 1. The summed E-state index contributed by atoms with van der Waals surface area (Å²) in [5.41, 5.74) is 3.55. The van der Waals surface area contributed by atoms with E-state index >= 15 is 0 Å². The first kappa shape index (κ1) is 17.2. The van der Waals surface area contributed by atoms with Crippen LogP contribution in [0.4, 0.5) is 11.8 Å². The molecule has 0 aromatic carbocycles. The molecule has 0 spiro atoms. The van der Waals surface area contributed by atoms with Crippen LogP contribution in [0.5, 0.6) is 0 Å². The minimum Gasteiger partial charge on any atom is -0.356 e. The molecule has 0 unspecified atom stereocenters. The highest BCUT2D eigenvalue weighted by molar-refractivity contribution is 7.11. The molecular weight excluding hydrogens is 348 g/mol. The minimum absolute atomic E-state index is 0.0903. The number of anilines is 2. The zero-order valence-corrected chi connectivity index (χ0v) is 16.1. The largest absolute Gasteiger partial charge is 0.356 e. The van der Waals surface area contributed by atoms with Gasteiger partial charge in [-0.15, -0.1) is 11.3 Å². The first-order valence-corrected chi connectivity index (χ1v) is 10.0. The standard InChI is InChI=1S/C18H24N6OS/c1-13-11-15(22-5-3-4-6-22)21-18(20-13)24-9-7-23(8-10-24)17(25)16-14(2)19-12-26-16/h11-12H,3-10H2,1-2H3. The topological polar surface area (TPSA) is 65.5 Å². The molecule has 0 N–H and O–H groups in total. The smallest absolute Gasteiger partial charge is 0.265 e. The summed E-state index contributed by atoms with van der Waals surface area (Å²) in [5, 5.41) is 0. The van der Waals surface area contributed by atoms with E-state index < -0.39 is 0 Å². The highest BCUT2D eigenvalue weighted by atomic mass is 32.1. The Bertz CT molecular complexity index is 793. The molecule has 2 fully saturated rings. The van der Waals surface area contributed by atoms with E-state index in [-0.39, 0.29) is 5.91 Å². The lowest BCUT2D eigenvalue weighted by molar-refractivity contribution is 0.0750. The molecule has 0 atom stereocenters. The van der Waals surface area contributed by atoms with Crippen molar-refractivity contribution in [1.82, 2.24) is 19.9 Å². The molecule has 2 saturated heterocycles. The van der Waals surface area contributed by atoms with Crippen LogP contribution in [0, 0.1) is 13.8 Å². The number of amides is 1. The Morgan fingerprint density at radius 3 is 2.38 bits per heavy atom. The first-order chi connectivity index (χ1) is 12.6. The van der Waals surface area contributed by atoms with Gasteiger partial charge in [-0.2, -0.15) is 4.98 Å². The zero-order valence-electron chi connectivity index (χ0n) is 15.3. The lowest BCUT2D eigenvalue weighted by Crippen LogP contribution is -2.49. The molecule has 1 amide bonds. The number of nitrogens with zero attached hydrogens (tertiary/aromatic N) is 6. The average molecular weight is 372 g/mol. The van der Waals surface area contributed by atoms with Gasteiger partial charge in [-0.3, -0.25) is 4.79 Å². The summed E-state index contributed by atoms with van der Waals surface area (Å²) < 4.78 is 0. The summed E-state index contributed by atoms with van der Waals surface area (Å²) in [4.78, 5) is 33.5. The number of piperazine rings is 1. The summed E-state index contributed by atoms with van der Waals surface area (Å²) in [7, 11) is 0. The fraction of sp³-hybridized carbons (Fsp3) is 0.556. The highest BCUT2D eigenvalue weighted by Gasteiger charge is 2.26. The van der Waals surface area contributed by atoms with E-state index in [1.807, 2.05) is 18.7 Å². The second kappa shape index (κ2) is 7.19. The Balaban J connectivity index is 1.45. The maximum absolute atomic E-state index is 12.6. The Labute approximate surface area is 157 Å². The van der Waals surface area contributed by atoms with E-state index in [0.29, 0.717) is 13.1 Å². The van der Waals surface area contributed by atoms with Gasteiger partial charge in [-0.05, 0) is 26.7 Å². The van der Waals surface area contributed by atoms with Gasteiger partial charge in [-0.1, -0.05) is 0 Å². The van der Waals surface area contributed by atoms with E-state index in [2.05, 4.69) is 25.8 Å². The Kier molecular flexibility index (Phi) is 4.76. The van der Waals surface area contributed by atoms with Gasteiger partial charge in [0.1, 0.15) is 10.7 Å². The minimum atomic E-state index is 0.0903. The molecule has 7 nitrogen and oxygen atoms in total. The zero-order chi connectivity index (χ0) is 18.1. The maximum atomic E-state index is 12.6. The number of thiazole rings is 1. The Morgan fingerprint density at radius 2 is 1.73 bits per heavy atom. The van der Waals surface area contributed by atoms with Gasteiger partial charge in [0.15, 0.2) is 0 Å². The van der Waals surface area contributed by atoms with Crippen molar-refractivity contribution in [2.45, 2.75) is 26.7 Å². The van der Waals surface area contributed by atoms with Crippen LogP contribution in [0.15, 0.2) is 11.6 Å². The second-order valence-electron chi connectivity index (χ2n) is 6.91.